The highest BCUT2D eigenvalue weighted by molar-refractivity contribution is 5.95. The van der Waals surface area contributed by atoms with Crippen molar-refractivity contribution >= 4 is 11.6 Å². The lowest BCUT2D eigenvalue weighted by Gasteiger charge is -2.56. The molecule has 4 bridgehead atoms. The highest BCUT2D eigenvalue weighted by atomic mass is 16.6. The molecule has 7 nitrogen and oxygen atoms in total. The fourth-order valence-corrected chi connectivity index (χ4v) is 5.45. The molecule has 7 heteroatoms. The van der Waals surface area contributed by atoms with E-state index < -0.39 is 10.8 Å². The summed E-state index contributed by atoms with van der Waals surface area (Å²) in [6.07, 6.45) is 8.76. The first kappa shape index (κ1) is 13.7. The molecule has 22 heavy (non-hydrogen) atoms. The van der Waals surface area contributed by atoms with Crippen LogP contribution in [0.15, 0.2) is 6.20 Å². The van der Waals surface area contributed by atoms with Crippen LogP contribution in [0.1, 0.15) is 49.0 Å². The van der Waals surface area contributed by atoms with Gasteiger partial charge in [0.2, 0.25) is 5.69 Å². The van der Waals surface area contributed by atoms with Crippen molar-refractivity contribution in [1.82, 2.24) is 15.5 Å². The Balaban J connectivity index is 1.45. The largest absolute Gasteiger partial charge is 0.350 e. The molecule has 0 unspecified atom stereocenters. The summed E-state index contributed by atoms with van der Waals surface area (Å²) in [6, 6.07) is 0. The van der Waals surface area contributed by atoms with E-state index in [4.69, 9.17) is 0 Å². The van der Waals surface area contributed by atoms with Gasteiger partial charge in [0.05, 0.1) is 4.92 Å². The van der Waals surface area contributed by atoms with Crippen LogP contribution in [0.25, 0.3) is 0 Å². The van der Waals surface area contributed by atoms with Crippen molar-refractivity contribution in [2.24, 2.45) is 23.2 Å². The second-order valence-corrected chi connectivity index (χ2v) is 7.49. The number of aromatic nitrogens is 2. The standard InChI is InChI=1S/C15H20N4O3/c20-14(13-12(19(21)22)7-17-18-13)16-8-15-4-9-1-10(5-15)3-11(2-9)6-15/h7,9-11H,1-6,8H2,(H,16,20)(H,17,18). The number of hydrogen-bond donors (Lipinski definition) is 2. The zero-order chi connectivity index (χ0) is 15.3. The van der Waals surface area contributed by atoms with Gasteiger partial charge in [0.1, 0.15) is 6.20 Å². The predicted molar refractivity (Wildman–Crippen MR) is 78.2 cm³/mol. The molecule has 1 aromatic rings. The summed E-state index contributed by atoms with van der Waals surface area (Å²) < 4.78 is 0. The quantitative estimate of drug-likeness (QED) is 0.658. The van der Waals surface area contributed by atoms with Gasteiger partial charge in [0, 0.05) is 6.54 Å². The lowest BCUT2D eigenvalue weighted by molar-refractivity contribution is -0.385. The van der Waals surface area contributed by atoms with E-state index in [1.165, 1.54) is 38.5 Å². The summed E-state index contributed by atoms with van der Waals surface area (Å²) in [5.41, 5.74) is -0.0862. The second-order valence-electron chi connectivity index (χ2n) is 7.49. The number of carbonyl (C=O) groups is 1. The van der Waals surface area contributed by atoms with E-state index in [9.17, 15) is 14.9 Å². The molecule has 4 aliphatic carbocycles. The number of carbonyl (C=O) groups excluding carboxylic acids is 1. The van der Waals surface area contributed by atoms with E-state index in [2.05, 4.69) is 15.5 Å². The zero-order valence-electron chi connectivity index (χ0n) is 12.4. The van der Waals surface area contributed by atoms with Crippen molar-refractivity contribution in [3.05, 3.63) is 22.0 Å². The number of nitrogens with one attached hydrogen (secondary N) is 2. The molecule has 1 heterocycles. The smallest absolute Gasteiger partial charge is 0.319 e. The van der Waals surface area contributed by atoms with Gasteiger partial charge >= 0.3 is 5.69 Å². The molecule has 4 fully saturated rings. The van der Waals surface area contributed by atoms with Gasteiger partial charge < -0.3 is 5.32 Å². The monoisotopic (exact) mass is 304 g/mol. The van der Waals surface area contributed by atoms with Crippen LogP contribution in [0.4, 0.5) is 5.69 Å². The number of H-pyrrole nitrogens is 1. The third-order valence-electron chi connectivity index (χ3n) is 5.83. The first-order valence-electron chi connectivity index (χ1n) is 8.01. The average molecular weight is 304 g/mol. The van der Waals surface area contributed by atoms with Crippen molar-refractivity contribution in [2.75, 3.05) is 6.54 Å². The summed E-state index contributed by atoms with van der Waals surface area (Å²) in [4.78, 5) is 22.5. The number of aromatic amines is 1. The van der Waals surface area contributed by atoms with Crippen LogP contribution in [0, 0.1) is 33.3 Å². The molecule has 1 aromatic heterocycles. The minimum absolute atomic E-state index is 0.0465. The van der Waals surface area contributed by atoms with Crippen molar-refractivity contribution in [1.29, 1.82) is 0 Å². The first-order valence-corrected chi connectivity index (χ1v) is 8.01. The summed E-state index contributed by atoms with van der Waals surface area (Å²) in [7, 11) is 0. The number of nitrogens with zero attached hydrogens (tertiary/aromatic N) is 2. The third-order valence-corrected chi connectivity index (χ3v) is 5.83. The Kier molecular flexibility index (Phi) is 2.99. The van der Waals surface area contributed by atoms with E-state index in [0.29, 0.717) is 6.54 Å². The Hall–Kier alpha value is -1.92. The number of hydrogen-bond acceptors (Lipinski definition) is 4. The van der Waals surface area contributed by atoms with Crippen molar-refractivity contribution in [3.8, 4) is 0 Å². The molecule has 118 valence electrons. The predicted octanol–water partition coefficient (Wildman–Crippen LogP) is 2.26. The van der Waals surface area contributed by atoms with Crippen molar-refractivity contribution < 1.29 is 9.72 Å². The van der Waals surface area contributed by atoms with Gasteiger partial charge in [0.15, 0.2) is 0 Å². The van der Waals surface area contributed by atoms with Gasteiger partial charge in [-0.25, -0.2) is 0 Å². The van der Waals surface area contributed by atoms with E-state index in [0.717, 1.165) is 24.0 Å². The molecule has 1 amide bonds. The molecule has 5 rings (SSSR count). The van der Waals surface area contributed by atoms with E-state index in [-0.39, 0.29) is 16.8 Å². The molecular weight excluding hydrogens is 284 g/mol. The van der Waals surface area contributed by atoms with Gasteiger partial charge in [-0.3, -0.25) is 20.0 Å². The van der Waals surface area contributed by atoms with Crippen LogP contribution >= 0.6 is 0 Å². The Bertz CT molecular complexity index is 589. The molecule has 4 aliphatic rings. The van der Waals surface area contributed by atoms with Crippen LogP contribution < -0.4 is 5.32 Å². The summed E-state index contributed by atoms with van der Waals surface area (Å²) >= 11 is 0. The topological polar surface area (TPSA) is 101 Å². The van der Waals surface area contributed by atoms with Crippen LogP contribution in [0.2, 0.25) is 0 Å². The Morgan fingerprint density at radius 3 is 2.45 bits per heavy atom. The minimum Gasteiger partial charge on any atom is -0.350 e. The maximum Gasteiger partial charge on any atom is 0.319 e. The molecule has 4 saturated carbocycles. The molecule has 0 spiro atoms. The normalized spacial score (nSPS) is 35.5. The lowest BCUT2D eigenvalue weighted by atomic mass is 9.49. The fraction of sp³-hybridized carbons (Fsp3) is 0.733. The third kappa shape index (κ3) is 2.19. The average Bonchev–Trinajstić information content (AvgIpc) is 2.93. The summed E-state index contributed by atoms with van der Waals surface area (Å²) in [6.45, 7) is 0.630. The van der Waals surface area contributed by atoms with Crippen molar-refractivity contribution in [3.63, 3.8) is 0 Å². The van der Waals surface area contributed by atoms with E-state index in [1.807, 2.05) is 0 Å². The Labute approximate surface area is 128 Å². The van der Waals surface area contributed by atoms with Crippen LogP contribution in [0.5, 0.6) is 0 Å². The van der Waals surface area contributed by atoms with E-state index >= 15 is 0 Å². The molecule has 0 aromatic carbocycles. The van der Waals surface area contributed by atoms with Gasteiger partial charge in [-0.1, -0.05) is 0 Å². The number of nitro groups is 1. The SMILES string of the molecule is O=C(NCC12CC3CC(CC(C3)C1)C2)c1[nH]ncc1[N+](=O)[O-]. The number of rotatable bonds is 4. The van der Waals surface area contributed by atoms with Gasteiger partial charge in [-0.05, 0) is 61.7 Å². The highest BCUT2D eigenvalue weighted by Crippen LogP contribution is 2.59. The van der Waals surface area contributed by atoms with E-state index in [1.54, 1.807) is 0 Å². The van der Waals surface area contributed by atoms with Crippen molar-refractivity contribution in [2.45, 2.75) is 38.5 Å². The van der Waals surface area contributed by atoms with Gasteiger partial charge in [-0.2, -0.15) is 5.10 Å². The van der Waals surface area contributed by atoms with Gasteiger partial charge in [0.25, 0.3) is 5.91 Å². The van der Waals surface area contributed by atoms with Crippen LogP contribution in [-0.4, -0.2) is 27.6 Å². The lowest BCUT2D eigenvalue weighted by Crippen LogP contribution is -2.51. The second kappa shape index (κ2) is 4.79. The number of amides is 1. The van der Waals surface area contributed by atoms with Crippen LogP contribution in [-0.2, 0) is 0 Å². The zero-order valence-corrected chi connectivity index (χ0v) is 12.4. The molecule has 0 radical (unpaired) electrons. The van der Waals surface area contributed by atoms with Crippen LogP contribution in [0.3, 0.4) is 0 Å². The fourth-order valence-electron chi connectivity index (χ4n) is 5.45. The molecule has 2 N–H and O–H groups in total. The Morgan fingerprint density at radius 2 is 1.91 bits per heavy atom. The molecule has 0 atom stereocenters. The summed E-state index contributed by atoms with van der Waals surface area (Å²) in [5, 5.41) is 19.9. The summed E-state index contributed by atoms with van der Waals surface area (Å²) in [5.74, 6) is 2.05. The maximum absolute atomic E-state index is 12.2. The first-order chi connectivity index (χ1) is 10.5. The highest BCUT2D eigenvalue weighted by Gasteiger charge is 2.50. The molecule has 0 saturated heterocycles. The van der Waals surface area contributed by atoms with Gasteiger partial charge in [-0.15, -0.1) is 0 Å². The molecule has 0 aliphatic heterocycles. The molecular formula is C15H20N4O3. The maximum atomic E-state index is 12.2. The Morgan fingerprint density at radius 1 is 1.32 bits per heavy atom. The minimum atomic E-state index is -0.580.